The number of rotatable bonds is 45. The van der Waals surface area contributed by atoms with Gasteiger partial charge in [0, 0.05) is 25.7 Å². The van der Waals surface area contributed by atoms with Gasteiger partial charge in [0.05, 0.1) is 6.61 Å². The van der Waals surface area contributed by atoms with E-state index in [4.69, 9.17) is 24.1 Å². The van der Waals surface area contributed by atoms with Gasteiger partial charge >= 0.3 is 23.9 Å². The fourth-order valence-electron chi connectivity index (χ4n) is 10.1. The van der Waals surface area contributed by atoms with Crippen LogP contribution in [-0.4, -0.2) is 48.2 Å². The van der Waals surface area contributed by atoms with Crippen LogP contribution in [0, 0.1) is 71.0 Å². The Hall–Kier alpha value is -2.91. The monoisotopic (exact) mass is 1090 g/mol. The van der Waals surface area contributed by atoms with Gasteiger partial charge in [-0.15, -0.1) is 0 Å². The van der Waals surface area contributed by atoms with E-state index in [1.807, 2.05) is 20.8 Å². The molecule has 9 atom stereocenters. The molecule has 0 bridgehead atoms. The first-order valence-corrected chi connectivity index (χ1v) is 31.9. The molecule has 0 aliphatic carbocycles. The lowest BCUT2D eigenvalue weighted by molar-refractivity contribution is -0.151. The lowest BCUT2D eigenvalue weighted by Gasteiger charge is -2.16. The Labute approximate surface area is 475 Å². The number of carbonyl (C=O) groups excluding carboxylic acids is 4. The topological polar surface area (TPSA) is 143 Å². The van der Waals surface area contributed by atoms with Crippen molar-refractivity contribution in [2.24, 2.45) is 71.0 Å². The van der Waals surface area contributed by atoms with E-state index in [9.17, 15) is 24.0 Å². The van der Waals surface area contributed by atoms with Gasteiger partial charge in [-0.2, -0.15) is 0 Å². The lowest BCUT2D eigenvalue weighted by atomic mass is 9.92. The maximum Gasteiger partial charge on any atom is 0.378 e. The van der Waals surface area contributed by atoms with Crippen molar-refractivity contribution in [2.75, 3.05) is 6.61 Å². The lowest BCUT2D eigenvalue weighted by Crippen LogP contribution is -2.19. The number of cyclic esters (lactones) is 1. The molecule has 1 N–H and O–H groups in total. The highest BCUT2D eigenvalue weighted by molar-refractivity contribution is 5.93. The highest BCUT2D eigenvalue weighted by Gasteiger charge is 2.40. The Morgan fingerprint density at radius 2 is 0.753 bits per heavy atom. The Balaban J connectivity index is 0. The van der Waals surface area contributed by atoms with Crippen molar-refractivity contribution in [3.8, 4) is 0 Å². The summed E-state index contributed by atoms with van der Waals surface area (Å²) in [4.78, 5) is 59.6. The largest absolute Gasteiger partial charge is 0.481 e. The van der Waals surface area contributed by atoms with Crippen LogP contribution in [0.25, 0.3) is 0 Å². The molecule has 1 aliphatic heterocycles. The number of hydrogen-bond acceptors (Lipinski definition) is 9. The van der Waals surface area contributed by atoms with E-state index in [0.29, 0.717) is 30.6 Å². The summed E-state index contributed by atoms with van der Waals surface area (Å²) >= 11 is 0. The van der Waals surface area contributed by atoms with Crippen LogP contribution in [0.4, 0.5) is 0 Å². The van der Waals surface area contributed by atoms with Gasteiger partial charge in [-0.05, 0) is 71.0 Å². The Kier molecular flexibility index (Phi) is 47.3. The quantitative estimate of drug-likeness (QED) is 0.0271. The summed E-state index contributed by atoms with van der Waals surface area (Å²) in [7, 11) is 0. The van der Waals surface area contributed by atoms with Gasteiger partial charge in [-0.25, -0.2) is 4.79 Å². The number of esters is 3. The van der Waals surface area contributed by atoms with Crippen LogP contribution in [0.3, 0.4) is 0 Å². The SMILES string of the molecule is CC(C)CCCC(C)CCCC(C)CC(=O)O.CC(C)CCCC(C)CCCC(C)CC(=O)OC1=C(OC(=O)CC(C)CCCC(C)CCCC(C)C)C(CCOC=O)OC1=O.CCC(C)CCCC(C)CCCC(C)C. The fourth-order valence-corrected chi connectivity index (χ4v) is 10.1. The number of aliphatic carboxylic acids is 1. The third-order valence-electron chi connectivity index (χ3n) is 15.7. The molecule has 1 rings (SSSR count). The summed E-state index contributed by atoms with van der Waals surface area (Å²) in [6.45, 7) is 38.5. The normalized spacial score (nSPS) is 16.6. The van der Waals surface area contributed by atoms with Gasteiger partial charge in [0.1, 0.15) is 0 Å². The van der Waals surface area contributed by atoms with E-state index >= 15 is 0 Å². The second kappa shape index (κ2) is 47.9. The van der Waals surface area contributed by atoms with E-state index in [0.717, 1.165) is 86.4 Å². The molecule has 9 unspecified atom stereocenters. The molecule has 454 valence electrons. The molecule has 77 heavy (non-hydrogen) atoms. The highest BCUT2D eigenvalue weighted by atomic mass is 16.6. The fraction of sp³-hybridized carbons (Fsp3) is 0.896. The van der Waals surface area contributed by atoms with Crippen LogP contribution in [0.1, 0.15) is 304 Å². The minimum absolute atomic E-state index is 0.0393. The Morgan fingerprint density at radius 1 is 0.455 bits per heavy atom. The molecular formula is C67H126O10. The zero-order chi connectivity index (χ0) is 58.7. The van der Waals surface area contributed by atoms with Gasteiger partial charge in [-0.1, -0.05) is 278 Å². The molecule has 10 heteroatoms. The van der Waals surface area contributed by atoms with Crippen molar-refractivity contribution in [2.45, 2.75) is 310 Å². The molecule has 0 radical (unpaired) electrons. The molecule has 0 aromatic heterocycles. The molecule has 1 aliphatic rings. The first-order chi connectivity index (χ1) is 36.3. The summed E-state index contributed by atoms with van der Waals surface area (Å²) in [6, 6.07) is 0. The van der Waals surface area contributed by atoms with Crippen molar-refractivity contribution in [3.05, 3.63) is 11.5 Å². The second-order valence-electron chi connectivity index (χ2n) is 26.6. The molecule has 0 spiro atoms. The maximum atomic E-state index is 12.9. The molecule has 0 aromatic carbocycles. The predicted molar refractivity (Wildman–Crippen MR) is 321 cm³/mol. The second-order valence-corrected chi connectivity index (χ2v) is 26.6. The number of ether oxygens (including phenoxy) is 4. The first-order valence-electron chi connectivity index (χ1n) is 31.9. The molecule has 0 saturated heterocycles. The smallest absolute Gasteiger partial charge is 0.378 e. The van der Waals surface area contributed by atoms with Gasteiger partial charge < -0.3 is 24.1 Å². The molecule has 0 aromatic rings. The van der Waals surface area contributed by atoms with Crippen LogP contribution < -0.4 is 0 Å². The Bertz CT molecular complexity index is 1520. The summed E-state index contributed by atoms with van der Waals surface area (Å²) < 4.78 is 21.2. The number of carbonyl (C=O) groups is 5. The Morgan fingerprint density at radius 3 is 1.06 bits per heavy atom. The van der Waals surface area contributed by atoms with Crippen molar-refractivity contribution < 1.29 is 48.0 Å². The van der Waals surface area contributed by atoms with E-state index in [2.05, 4.69) is 96.9 Å². The minimum atomic E-state index is -0.971. The minimum Gasteiger partial charge on any atom is -0.481 e. The molecule has 1 heterocycles. The van der Waals surface area contributed by atoms with Crippen LogP contribution in [0.15, 0.2) is 11.5 Å². The summed E-state index contributed by atoms with van der Waals surface area (Å²) in [6.07, 6.45) is 30.7. The van der Waals surface area contributed by atoms with Gasteiger partial charge in [0.25, 0.3) is 12.2 Å². The van der Waals surface area contributed by atoms with Crippen molar-refractivity contribution >= 4 is 30.3 Å². The third-order valence-corrected chi connectivity index (χ3v) is 15.7. The van der Waals surface area contributed by atoms with Crippen LogP contribution >= 0.6 is 0 Å². The standard InChI is InChI=1S/C37H64O8.C15H30O2.C15H32/c1-26(2)13-9-15-28(5)17-11-19-30(7)23-33(39)44-35-32(21-22-42-25-38)43-37(41)36(35)45-34(40)24-31(8)20-12-18-29(6)16-10-14-27(3)4;1-12(2)7-5-8-13(3)9-6-10-14(4)11-15(16)17;1-6-14(4)10-8-12-15(5)11-7-9-13(2)3/h25-32H,9-24H2,1-8H3;12-14H,5-11H2,1-4H3,(H,16,17);13-15H,6-12H2,1-5H3. The number of hydrogen-bond donors (Lipinski definition) is 1. The van der Waals surface area contributed by atoms with E-state index in [1.165, 1.54) is 116 Å². The van der Waals surface area contributed by atoms with Crippen LogP contribution in [-0.2, 0) is 42.9 Å². The highest BCUT2D eigenvalue weighted by Crippen LogP contribution is 2.30. The number of carboxylic acid groups (broad SMARTS) is 1. The van der Waals surface area contributed by atoms with Gasteiger partial charge in [0.15, 0.2) is 11.9 Å². The van der Waals surface area contributed by atoms with E-state index < -0.39 is 30.0 Å². The van der Waals surface area contributed by atoms with Crippen LogP contribution in [0.5, 0.6) is 0 Å². The molecule has 0 amide bonds. The summed E-state index contributed by atoms with van der Waals surface area (Å²) in [5, 5.41) is 8.66. The van der Waals surface area contributed by atoms with Crippen molar-refractivity contribution in [1.29, 1.82) is 0 Å². The maximum absolute atomic E-state index is 12.9. The predicted octanol–water partition coefficient (Wildman–Crippen LogP) is 19.5. The average Bonchev–Trinajstić information content (AvgIpc) is 3.59. The molecular weight excluding hydrogens is 965 g/mol. The van der Waals surface area contributed by atoms with Crippen LogP contribution in [0.2, 0.25) is 0 Å². The third kappa shape index (κ3) is 47.6. The van der Waals surface area contributed by atoms with Gasteiger partial charge in [-0.3, -0.25) is 19.2 Å². The average molecular weight is 1090 g/mol. The molecule has 10 nitrogen and oxygen atoms in total. The van der Waals surface area contributed by atoms with Crippen molar-refractivity contribution in [3.63, 3.8) is 0 Å². The first kappa shape index (κ1) is 76.2. The zero-order valence-corrected chi connectivity index (χ0v) is 53.4. The summed E-state index contributed by atoms with van der Waals surface area (Å²) in [5.74, 6) is 4.61. The van der Waals surface area contributed by atoms with E-state index in [1.54, 1.807) is 0 Å². The number of carboxylic acids is 1. The molecule has 0 fully saturated rings. The zero-order valence-electron chi connectivity index (χ0n) is 53.4. The molecule has 0 saturated carbocycles. The van der Waals surface area contributed by atoms with E-state index in [-0.39, 0.29) is 49.2 Å². The van der Waals surface area contributed by atoms with Crippen molar-refractivity contribution in [1.82, 2.24) is 0 Å². The van der Waals surface area contributed by atoms with Gasteiger partial charge in [0.2, 0.25) is 0 Å². The summed E-state index contributed by atoms with van der Waals surface area (Å²) in [5.41, 5.74) is 0.